The molecule has 0 aliphatic rings. The molecule has 0 spiro atoms. The molecule has 6 rings (SSSR count). The van der Waals surface area contributed by atoms with E-state index in [1.807, 2.05) is 0 Å². The molecule has 2 heteroatoms. The number of hydrogen-bond acceptors (Lipinski definition) is 2. The Hall–Kier alpha value is -4.76. The average molecular weight is 1110 g/mol. The first-order chi connectivity index (χ1) is 37.0. The average Bonchev–Trinajstić information content (AvgIpc) is 3.54. The molecule has 82 heavy (non-hydrogen) atoms. The second-order valence-electron chi connectivity index (χ2n) is 34.1. The van der Waals surface area contributed by atoms with E-state index in [-0.39, 0.29) is 73.5 Å². The molecule has 6 aromatic carbocycles. The molecule has 4 atom stereocenters. The lowest BCUT2D eigenvalue weighted by Crippen LogP contribution is -2.48. The molecule has 4 N–H and O–H groups in total. The van der Waals surface area contributed by atoms with Gasteiger partial charge >= 0.3 is 0 Å². The van der Waals surface area contributed by atoms with Crippen molar-refractivity contribution in [1.82, 2.24) is 0 Å². The number of nitrogens with two attached hydrogens (primary N) is 2. The standard InChI is InChI=1S/C80H116N2/c1-48-31-66(50(3)54-35-58(72(7,8)9)43-59(36-54)73(10,11)12)70(67(32-48)51(4)55-37-60(74(13,14)15)44-61(38-55)75(16,17)18)80(82,47-81)71-68(52(5)56-39-62(76(19,20)21)45-63(40-56)77(22,23)24)33-49(2)34-69(71)53(6)57-41-64(78(25,26)27)46-65(42-57)79(28,29)30/h31-46,50-53H,47,81-82H2,1-30H3/t50-,51-,52-,53-/m1/s1. The highest BCUT2D eigenvalue weighted by Gasteiger charge is 2.42. The van der Waals surface area contributed by atoms with E-state index in [1.54, 1.807) is 0 Å². The van der Waals surface area contributed by atoms with Crippen molar-refractivity contribution in [3.05, 3.63) is 208 Å². The maximum atomic E-state index is 8.98. The predicted octanol–water partition coefficient (Wildman–Crippen LogP) is 21.5. The van der Waals surface area contributed by atoms with Crippen molar-refractivity contribution in [2.45, 2.75) is 280 Å². The summed E-state index contributed by atoms with van der Waals surface area (Å²) < 4.78 is 0. The van der Waals surface area contributed by atoms with Crippen LogP contribution < -0.4 is 11.5 Å². The molecule has 0 saturated carbocycles. The van der Waals surface area contributed by atoms with Crippen LogP contribution in [0.3, 0.4) is 0 Å². The van der Waals surface area contributed by atoms with Crippen molar-refractivity contribution in [1.29, 1.82) is 0 Å². The van der Waals surface area contributed by atoms with E-state index < -0.39 is 5.54 Å². The summed E-state index contributed by atoms with van der Waals surface area (Å²) in [6.07, 6.45) is 0. The molecule has 0 bridgehead atoms. The summed E-state index contributed by atoms with van der Waals surface area (Å²) >= 11 is 0. The maximum absolute atomic E-state index is 8.98. The van der Waals surface area contributed by atoms with Crippen LogP contribution >= 0.6 is 0 Å². The third-order valence-electron chi connectivity index (χ3n) is 18.5. The number of hydrogen-bond donors (Lipinski definition) is 2. The van der Waals surface area contributed by atoms with Gasteiger partial charge in [0.2, 0.25) is 0 Å². The first-order valence-electron chi connectivity index (χ1n) is 31.4. The normalized spacial score (nSPS) is 15.2. The minimum absolute atomic E-state index is 0.0346. The summed E-state index contributed by atoms with van der Waals surface area (Å²) in [6, 6.07) is 39.7. The Morgan fingerprint density at radius 1 is 0.268 bits per heavy atom. The van der Waals surface area contributed by atoms with Crippen molar-refractivity contribution >= 4 is 0 Å². The van der Waals surface area contributed by atoms with E-state index in [2.05, 4.69) is 305 Å². The van der Waals surface area contributed by atoms with Crippen molar-refractivity contribution in [2.24, 2.45) is 11.5 Å². The van der Waals surface area contributed by atoms with Gasteiger partial charge in [0.1, 0.15) is 0 Å². The lowest BCUT2D eigenvalue weighted by molar-refractivity contribution is 0.518. The molecule has 0 aromatic heterocycles. The van der Waals surface area contributed by atoms with Crippen LogP contribution in [0.15, 0.2) is 97.1 Å². The maximum Gasteiger partial charge on any atom is 0.0801 e. The van der Waals surface area contributed by atoms with Gasteiger partial charge in [0.15, 0.2) is 0 Å². The summed E-state index contributed by atoms with van der Waals surface area (Å²) in [5.41, 5.74) is 40.9. The van der Waals surface area contributed by atoms with Crippen LogP contribution in [-0.4, -0.2) is 6.54 Å². The molecule has 0 saturated heterocycles. The van der Waals surface area contributed by atoms with Crippen LogP contribution in [0.4, 0.5) is 0 Å². The molecule has 0 aliphatic heterocycles. The van der Waals surface area contributed by atoms with Crippen LogP contribution in [0, 0.1) is 13.8 Å². The molecule has 0 amide bonds. The molecule has 6 aromatic rings. The molecule has 0 heterocycles. The highest BCUT2D eigenvalue weighted by molar-refractivity contribution is 5.62. The van der Waals surface area contributed by atoms with Crippen molar-refractivity contribution in [2.75, 3.05) is 6.54 Å². The Morgan fingerprint density at radius 2 is 0.415 bits per heavy atom. The third-order valence-corrected chi connectivity index (χ3v) is 18.5. The van der Waals surface area contributed by atoms with Gasteiger partial charge in [0, 0.05) is 30.2 Å². The van der Waals surface area contributed by atoms with Crippen LogP contribution in [0.2, 0.25) is 0 Å². The van der Waals surface area contributed by atoms with Crippen LogP contribution in [0.25, 0.3) is 0 Å². The fraction of sp³-hybridized carbons (Fsp3) is 0.550. The summed E-state index contributed by atoms with van der Waals surface area (Å²) in [5, 5.41) is 0. The van der Waals surface area contributed by atoms with Gasteiger partial charge in [-0.15, -0.1) is 0 Å². The van der Waals surface area contributed by atoms with Crippen LogP contribution in [0.1, 0.15) is 329 Å². The summed E-state index contributed by atoms with van der Waals surface area (Å²) in [4.78, 5) is 0. The molecular formula is C80H116N2. The van der Waals surface area contributed by atoms with E-state index in [0.29, 0.717) is 0 Å². The Kier molecular flexibility index (Phi) is 18.3. The van der Waals surface area contributed by atoms with Crippen molar-refractivity contribution in [3.63, 3.8) is 0 Å². The molecule has 0 aliphatic carbocycles. The van der Waals surface area contributed by atoms with Gasteiger partial charge in [-0.3, -0.25) is 0 Å². The second kappa shape index (κ2) is 22.6. The first-order valence-corrected chi connectivity index (χ1v) is 31.4. The number of aryl methyl sites for hydroxylation is 2. The number of rotatable bonds is 11. The van der Waals surface area contributed by atoms with Crippen molar-refractivity contribution < 1.29 is 0 Å². The van der Waals surface area contributed by atoms with Gasteiger partial charge in [-0.1, -0.05) is 302 Å². The Balaban J connectivity index is 1.91. The SMILES string of the molecule is Cc1cc([C@H](C)c2cc(C(C)(C)C)cc(C(C)(C)C)c2)c(C(N)(CN)c2c([C@H](C)c3cc(C(C)(C)C)cc(C(C)(C)C)c3)cc(C)cc2[C@H](C)c2cc(C(C)(C)C)cc(C(C)(C)C)c2)c([C@H](C)c2cc(C(C)(C)C)cc(C(C)(C)C)c2)c1. The van der Waals surface area contributed by atoms with Gasteiger partial charge in [0.05, 0.1) is 5.54 Å². The second-order valence-corrected chi connectivity index (χ2v) is 34.1. The topological polar surface area (TPSA) is 52.0 Å². The quantitative estimate of drug-likeness (QED) is 0.136. The van der Waals surface area contributed by atoms with Crippen LogP contribution in [0.5, 0.6) is 0 Å². The summed E-state index contributed by atoms with van der Waals surface area (Å²) in [5.74, 6) is -0.139. The van der Waals surface area contributed by atoms with Gasteiger partial charge in [-0.2, -0.15) is 0 Å². The summed E-state index contributed by atoms with van der Waals surface area (Å²) in [7, 11) is 0. The number of benzene rings is 6. The lowest BCUT2D eigenvalue weighted by atomic mass is 9.66. The first kappa shape index (κ1) is 66.4. The molecule has 0 fully saturated rings. The van der Waals surface area contributed by atoms with E-state index >= 15 is 0 Å². The van der Waals surface area contributed by atoms with Gasteiger partial charge in [0.25, 0.3) is 0 Å². The molecule has 2 nitrogen and oxygen atoms in total. The monoisotopic (exact) mass is 1100 g/mol. The predicted molar refractivity (Wildman–Crippen MR) is 362 cm³/mol. The lowest BCUT2D eigenvalue weighted by Gasteiger charge is -2.41. The Bertz CT molecular complexity index is 2730. The minimum atomic E-state index is -1.17. The van der Waals surface area contributed by atoms with Crippen molar-refractivity contribution in [3.8, 4) is 0 Å². The third kappa shape index (κ3) is 14.3. The fourth-order valence-electron chi connectivity index (χ4n) is 12.2. The molecule has 0 radical (unpaired) electrons. The van der Waals surface area contributed by atoms with E-state index in [4.69, 9.17) is 11.5 Å². The Labute approximate surface area is 503 Å². The largest absolute Gasteiger partial charge is 0.328 e. The van der Waals surface area contributed by atoms with E-state index in [0.717, 1.165) is 11.1 Å². The zero-order valence-corrected chi connectivity index (χ0v) is 57.9. The van der Waals surface area contributed by atoms with Crippen LogP contribution in [-0.2, 0) is 48.9 Å². The van der Waals surface area contributed by atoms with Gasteiger partial charge in [-0.25, -0.2) is 0 Å². The highest BCUT2D eigenvalue weighted by Crippen LogP contribution is 2.50. The van der Waals surface area contributed by atoms with Gasteiger partial charge < -0.3 is 11.5 Å². The smallest absolute Gasteiger partial charge is 0.0801 e. The molecule has 0 unspecified atom stereocenters. The molecule has 446 valence electrons. The zero-order valence-electron chi connectivity index (χ0n) is 57.9. The van der Waals surface area contributed by atoms with Gasteiger partial charge in [-0.05, 0) is 157 Å². The Morgan fingerprint density at radius 3 is 0.537 bits per heavy atom. The van der Waals surface area contributed by atoms with E-state index in [1.165, 1.54) is 100 Å². The molecular weight excluding hydrogens is 989 g/mol. The minimum Gasteiger partial charge on any atom is -0.328 e. The zero-order chi connectivity index (χ0) is 62.4. The highest BCUT2D eigenvalue weighted by atomic mass is 14.8. The van der Waals surface area contributed by atoms with E-state index in [9.17, 15) is 0 Å². The summed E-state index contributed by atoms with van der Waals surface area (Å²) in [6.45, 7) is 71.0. The fourth-order valence-corrected chi connectivity index (χ4v) is 12.2.